The lowest BCUT2D eigenvalue weighted by molar-refractivity contribution is -0.137. The molecule has 0 saturated carbocycles. The first-order chi connectivity index (χ1) is 14.6. The summed E-state index contributed by atoms with van der Waals surface area (Å²) in [5.74, 6) is 0.0142. The van der Waals surface area contributed by atoms with Gasteiger partial charge in [0.05, 0.1) is 23.9 Å². The number of nitrogens with zero attached hydrogens (tertiary/aromatic N) is 2. The molecule has 1 aromatic carbocycles. The SMILES string of the molecule is CCCCC(CO)Nc1ncc(C(F)(F)F)c(-c2c[nH]c3c(P(C)(C)=O)cccc23)n1. The summed E-state index contributed by atoms with van der Waals surface area (Å²) in [6.45, 7) is 5.05. The lowest BCUT2D eigenvalue weighted by Gasteiger charge is -2.18. The van der Waals surface area contributed by atoms with Crippen molar-refractivity contribution in [3.63, 3.8) is 0 Å². The lowest BCUT2D eigenvalue weighted by Crippen LogP contribution is -2.25. The van der Waals surface area contributed by atoms with Gasteiger partial charge in [-0.2, -0.15) is 13.2 Å². The number of halogens is 3. The average Bonchev–Trinajstić information content (AvgIpc) is 3.13. The number of nitrogens with one attached hydrogen (secondary N) is 2. The van der Waals surface area contributed by atoms with Crippen LogP contribution in [0, 0.1) is 0 Å². The molecular formula is C21H26F3N4O2P. The Hall–Kier alpha value is -2.38. The van der Waals surface area contributed by atoms with Gasteiger partial charge in [0.25, 0.3) is 0 Å². The molecule has 0 amide bonds. The fraction of sp³-hybridized carbons (Fsp3) is 0.429. The molecule has 6 nitrogen and oxygen atoms in total. The quantitative estimate of drug-likeness (QED) is 0.423. The highest BCUT2D eigenvalue weighted by Gasteiger charge is 2.36. The number of hydrogen-bond acceptors (Lipinski definition) is 5. The number of rotatable bonds is 8. The Kier molecular flexibility index (Phi) is 6.76. The number of anilines is 1. The van der Waals surface area contributed by atoms with Crippen molar-refractivity contribution in [3.8, 4) is 11.3 Å². The van der Waals surface area contributed by atoms with Crippen LogP contribution in [0.3, 0.4) is 0 Å². The van der Waals surface area contributed by atoms with E-state index < -0.39 is 18.9 Å². The van der Waals surface area contributed by atoms with Crippen molar-refractivity contribution in [1.29, 1.82) is 0 Å². The summed E-state index contributed by atoms with van der Waals surface area (Å²) in [7, 11) is -2.66. The molecule has 2 heterocycles. The smallest absolute Gasteiger partial charge is 0.394 e. The van der Waals surface area contributed by atoms with Gasteiger partial charge in [0.1, 0.15) is 12.7 Å². The molecule has 3 rings (SSSR count). The van der Waals surface area contributed by atoms with Crippen molar-refractivity contribution in [3.05, 3.63) is 36.2 Å². The number of alkyl halides is 3. The second kappa shape index (κ2) is 9.01. The second-order valence-corrected chi connectivity index (χ2v) is 11.1. The number of H-pyrrole nitrogens is 1. The van der Waals surface area contributed by atoms with Crippen LogP contribution >= 0.6 is 7.14 Å². The van der Waals surface area contributed by atoms with Gasteiger partial charge >= 0.3 is 6.18 Å². The number of hydrogen-bond donors (Lipinski definition) is 3. The van der Waals surface area contributed by atoms with E-state index in [4.69, 9.17) is 0 Å². The topological polar surface area (TPSA) is 90.9 Å². The molecule has 31 heavy (non-hydrogen) atoms. The maximum Gasteiger partial charge on any atom is 0.419 e. The van der Waals surface area contributed by atoms with Crippen molar-refractivity contribution in [1.82, 2.24) is 15.0 Å². The monoisotopic (exact) mass is 454 g/mol. The first-order valence-electron chi connectivity index (χ1n) is 10.0. The Morgan fingerprint density at radius 1 is 1.29 bits per heavy atom. The standard InChI is InChI=1S/C21H26F3N4O2P/c1-4-5-7-13(12-29)27-20-26-11-16(21(22,23)24)18(28-20)15-10-25-19-14(15)8-6-9-17(19)31(2,3)30/h6,8-11,13,25,29H,4-5,7,12H2,1-3H3,(H,26,27,28). The van der Waals surface area contributed by atoms with Gasteiger partial charge in [-0.3, -0.25) is 0 Å². The summed E-state index contributed by atoms with van der Waals surface area (Å²) in [6, 6.07) is 4.70. The molecule has 0 spiro atoms. The fourth-order valence-electron chi connectivity index (χ4n) is 3.49. The van der Waals surface area contributed by atoms with E-state index in [0.29, 0.717) is 22.6 Å². The van der Waals surface area contributed by atoms with E-state index in [0.717, 1.165) is 19.0 Å². The van der Waals surface area contributed by atoms with Crippen LogP contribution in [-0.2, 0) is 10.7 Å². The molecule has 0 saturated heterocycles. The minimum Gasteiger partial charge on any atom is -0.394 e. The number of benzene rings is 1. The number of aliphatic hydroxyl groups excluding tert-OH is 1. The van der Waals surface area contributed by atoms with Gasteiger partial charge in [-0.1, -0.05) is 31.9 Å². The minimum atomic E-state index is -4.65. The first kappa shape index (κ1) is 23.3. The number of aromatic nitrogens is 3. The van der Waals surface area contributed by atoms with E-state index in [2.05, 4.69) is 20.3 Å². The third-order valence-corrected chi connectivity index (χ3v) is 6.62. The first-order valence-corrected chi connectivity index (χ1v) is 12.6. The summed E-state index contributed by atoms with van der Waals surface area (Å²) in [6.07, 6.45) is -0.0272. The van der Waals surface area contributed by atoms with Crippen molar-refractivity contribution in [2.45, 2.75) is 38.4 Å². The van der Waals surface area contributed by atoms with Gasteiger partial charge in [-0.05, 0) is 25.8 Å². The lowest BCUT2D eigenvalue weighted by atomic mass is 10.1. The fourth-order valence-corrected chi connectivity index (χ4v) is 4.66. The van der Waals surface area contributed by atoms with E-state index in [1.165, 1.54) is 6.20 Å². The van der Waals surface area contributed by atoms with Gasteiger partial charge in [-0.25, -0.2) is 9.97 Å². The van der Waals surface area contributed by atoms with Crippen molar-refractivity contribution in [2.75, 3.05) is 25.3 Å². The summed E-state index contributed by atoms with van der Waals surface area (Å²) >= 11 is 0. The van der Waals surface area contributed by atoms with Crippen LogP contribution in [0.5, 0.6) is 0 Å². The van der Waals surface area contributed by atoms with Crippen LogP contribution in [0.25, 0.3) is 22.2 Å². The van der Waals surface area contributed by atoms with Crippen LogP contribution in [0.2, 0.25) is 0 Å². The molecule has 2 aromatic heterocycles. The number of aromatic amines is 1. The van der Waals surface area contributed by atoms with Crippen LogP contribution in [0.4, 0.5) is 19.1 Å². The molecule has 0 aliphatic carbocycles. The van der Waals surface area contributed by atoms with Crippen LogP contribution in [0.1, 0.15) is 31.7 Å². The van der Waals surface area contributed by atoms with Gasteiger partial charge < -0.3 is 20.0 Å². The molecule has 168 valence electrons. The summed E-state index contributed by atoms with van der Waals surface area (Å²) in [4.78, 5) is 11.0. The summed E-state index contributed by atoms with van der Waals surface area (Å²) < 4.78 is 53.9. The number of fused-ring (bicyclic) bond motifs is 1. The highest BCUT2D eigenvalue weighted by molar-refractivity contribution is 7.70. The predicted molar refractivity (Wildman–Crippen MR) is 117 cm³/mol. The maximum absolute atomic E-state index is 13.7. The molecule has 10 heteroatoms. The molecule has 0 aliphatic rings. The molecule has 0 bridgehead atoms. The summed E-state index contributed by atoms with van der Waals surface area (Å²) in [5.41, 5.74) is -0.460. The van der Waals surface area contributed by atoms with Crippen molar-refractivity contribution in [2.24, 2.45) is 0 Å². The number of aliphatic hydroxyl groups is 1. The van der Waals surface area contributed by atoms with E-state index in [1.807, 2.05) is 6.92 Å². The molecule has 3 N–H and O–H groups in total. The number of unbranched alkanes of at least 4 members (excludes halogenated alkanes) is 1. The van der Waals surface area contributed by atoms with Crippen LogP contribution in [0.15, 0.2) is 30.6 Å². The third kappa shape index (κ3) is 5.10. The zero-order valence-electron chi connectivity index (χ0n) is 17.6. The van der Waals surface area contributed by atoms with Gasteiger partial charge in [0.2, 0.25) is 5.95 Å². The molecule has 3 aromatic rings. The molecule has 1 atom stereocenters. The predicted octanol–water partition coefficient (Wildman–Crippen LogP) is 4.85. The van der Waals surface area contributed by atoms with Gasteiger partial charge in [0, 0.05) is 28.6 Å². The van der Waals surface area contributed by atoms with E-state index >= 15 is 0 Å². The Balaban J connectivity index is 2.14. The Morgan fingerprint density at radius 2 is 2.03 bits per heavy atom. The van der Waals surface area contributed by atoms with Crippen molar-refractivity contribution < 1.29 is 22.8 Å². The zero-order valence-corrected chi connectivity index (χ0v) is 18.5. The Morgan fingerprint density at radius 3 is 2.65 bits per heavy atom. The normalized spacial score (nSPS) is 13.5. The summed E-state index contributed by atoms with van der Waals surface area (Å²) in [5, 5.41) is 13.6. The highest BCUT2D eigenvalue weighted by atomic mass is 31.2. The van der Waals surface area contributed by atoms with Crippen molar-refractivity contribution >= 4 is 29.3 Å². The molecule has 0 fully saturated rings. The molecule has 0 radical (unpaired) electrons. The van der Waals surface area contributed by atoms with Crippen LogP contribution < -0.4 is 10.6 Å². The Labute approximate surface area is 178 Å². The Bertz CT molecular complexity index is 1110. The highest BCUT2D eigenvalue weighted by Crippen LogP contribution is 2.41. The van der Waals surface area contributed by atoms with E-state index in [1.54, 1.807) is 31.5 Å². The second-order valence-electron chi connectivity index (χ2n) is 7.87. The van der Waals surface area contributed by atoms with E-state index in [-0.39, 0.29) is 29.9 Å². The zero-order chi connectivity index (χ0) is 22.8. The van der Waals surface area contributed by atoms with E-state index in [9.17, 15) is 22.8 Å². The largest absolute Gasteiger partial charge is 0.419 e. The third-order valence-electron chi connectivity index (χ3n) is 5.08. The minimum absolute atomic E-state index is 0.0142. The maximum atomic E-state index is 13.7. The van der Waals surface area contributed by atoms with Gasteiger partial charge in [0.15, 0.2) is 0 Å². The molecule has 1 unspecified atom stereocenters. The average molecular weight is 454 g/mol. The molecular weight excluding hydrogens is 428 g/mol. The van der Waals surface area contributed by atoms with Crippen LogP contribution in [-0.4, -0.2) is 46.0 Å². The molecule has 0 aliphatic heterocycles. The number of para-hydroxylation sites is 1. The van der Waals surface area contributed by atoms with Gasteiger partial charge in [-0.15, -0.1) is 0 Å².